The average Bonchev–Trinajstić information content (AvgIpc) is 3.65. The average molecular weight is 765 g/mol. The molecule has 11 aromatic rings. The lowest BCUT2D eigenvalue weighted by Crippen LogP contribution is -2.11. The van der Waals surface area contributed by atoms with Gasteiger partial charge in [-0.1, -0.05) is 182 Å². The van der Waals surface area contributed by atoms with E-state index in [0.29, 0.717) is 0 Å². The number of anilines is 3. The third-order valence-corrected chi connectivity index (χ3v) is 11.8. The van der Waals surface area contributed by atoms with Crippen molar-refractivity contribution in [2.45, 2.75) is 0 Å². The van der Waals surface area contributed by atoms with Gasteiger partial charge in [-0.3, -0.25) is 0 Å². The molecule has 60 heavy (non-hydrogen) atoms. The van der Waals surface area contributed by atoms with Crippen molar-refractivity contribution in [2.24, 2.45) is 0 Å². The van der Waals surface area contributed by atoms with Crippen molar-refractivity contribution in [3.05, 3.63) is 243 Å². The van der Waals surface area contributed by atoms with Gasteiger partial charge in [0.25, 0.3) is 0 Å². The zero-order valence-corrected chi connectivity index (χ0v) is 33.0. The van der Waals surface area contributed by atoms with E-state index in [-0.39, 0.29) is 0 Å². The summed E-state index contributed by atoms with van der Waals surface area (Å²) in [5.41, 5.74) is 16.3. The molecular formula is C58H40N2. The van der Waals surface area contributed by atoms with Crippen LogP contribution in [0.5, 0.6) is 0 Å². The molecule has 10 aromatic carbocycles. The summed E-state index contributed by atoms with van der Waals surface area (Å²) in [6, 6.07) is 87.9. The molecule has 0 bridgehead atoms. The van der Waals surface area contributed by atoms with Gasteiger partial charge in [0.1, 0.15) is 0 Å². The fourth-order valence-corrected chi connectivity index (χ4v) is 8.83. The molecular weight excluding hydrogens is 725 g/mol. The standard InChI is InChI=1S/C58H40N2/c1-3-15-41(16-4-1)42-29-31-43(32-30-42)44-33-35-50(36-34-44)59(56-27-11-9-25-53(56)45-17-5-2-6-18-45)51-23-13-21-46(37-51)47-22-14-24-52(38-47)60-57-28-12-10-26-54(57)55-39-48-19-7-8-20-49(48)40-58(55)60/h1-40H. The van der Waals surface area contributed by atoms with E-state index in [2.05, 4.69) is 252 Å². The van der Waals surface area contributed by atoms with E-state index in [1.807, 2.05) is 0 Å². The number of hydrogen-bond donors (Lipinski definition) is 0. The van der Waals surface area contributed by atoms with Crippen LogP contribution in [0.3, 0.4) is 0 Å². The molecule has 0 N–H and O–H groups in total. The lowest BCUT2D eigenvalue weighted by atomic mass is 9.99. The van der Waals surface area contributed by atoms with E-state index in [0.717, 1.165) is 33.9 Å². The van der Waals surface area contributed by atoms with Gasteiger partial charge in [-0.25, -0.2) is 0 Å². The quantitative estimate of drug-likeness (QED) is 0.150. The first kappa shape index (κ1) is 35.2. The Hall–Kier alpha value is -7.94. The number of benzene rings is 10. The lowest BCUT2D eigenvalue weighted by Gasteiger charge is -2.28. The molecule has 1 aromatic heterocycles. The van der Waals surface area contributed by atoms with Crippen molar-refractivity contribution in [3.63, 3.8) is 0 Å². The number of hydrogen-bond acceptors (Lipinski definition) is 1. The second-order valence-electron chi connectivity index (χ2n) is 15.4. The summed E-state index contributed by atoms with van der Waals surface area (Å²) in [5, 5.41) is 5.01. The molecule has 11 rings (SSSR count). The Morgan fingerprint density at radius 3 is 1.55 bits per heavy atom. The highest BCUT2D eigenvalue weighted by atomic mass is 15.1. The zero-order chi connectivity index (χ0) is 39.8. The van der Waals surface area contributed by atoms with Gasteiger partial charge < -0.3 is 9.47 Å². The predicted molar refractivity (Wildman–Crippen MR) is 255 cm³/mol. The Labute approximate surface area is 350 Å². The van der Waals surface area contributed by atoms with Gasteiger partial charge >= 0.3 is 0 Å². The fourth-order valence-electron chi connectivity index (χ4n) is 8.83. The minimum absolute atomic E-state index is 1.09. The SMILES string of the molecule is c1ccc(-c2ccc(-c3ccc(N(c4cccc(-c5cccc(-n6c7ccccc7c7cc8ccccc8cc76)c5)c4)c4ccccc4-c4ccccc4)cc3)cc2)cc1. The summed E-state index contributed by atoms with van der Waals surface area (Å²) in [6.45, 7) is 0. The van der Waals surface area contributed by atoms with Crippen molar-refractivity contribution in [3.8, 4) is 50.2 Å². The monoisotopic (exact) mass is 764 g/mol. The molecule has 2 heteroatoms. The second-order valence-corrected chi connectivity index (χ2v) is 15.4. The van der Waals surface area contributed by atoms with Crippen molar-refractivity contribution in [1.29, 1.82) is 0 Å². The molecule has 0 saturated carbocycles. The Morgan fingerprint density at radius 2 is 0.817 bits per heavy atom. The maximum atomic E-state index is 2.42. The summed E-state index contributed by atoms with van der Waals surface area (Å²) in [5.74, 6) is 0. The van der Waals surface area contributed by atoms with E-state index in [9.17, 15) is 0 Å². The lowest BCUT2D eigenvalue weighted by molar-refractivity contribution is 1.18. The number of aromatic nitrogens is 1. The molecule has 0 aliphatic carbocycles. The Kier molecular flexibility index (Phi) is 8.87. The largest absolute Gasteiger partial charge is 0.310 e. The number of nitrogens with zero attached hydrogens (tertiary/aromatic N) is 2. The van der Waals surface area contributed by atoms with Gasteiger partial charge in [-0.15, -0.1) is 0 Å². The molecule has 2 nitrogen and oxygen atoms in total. The van der Waals surface area contributed by atoms with Gasteiger partial charge in [0, 0.05) is 33.4 Å². The number of para-hydroxylation sites is 2. The maximum absolute atomic E-state index is 2.42. The van der Waals surface area contributed by atoms with Gasteiger partial charge in [0.15, 0.2) is 0 Å². The Bertz CT molecular complexity index is 3290. The van der Waals surface area contributed by atoms with Crippen molar-refractivity contribution >= 4 is 49.6 Å². The maximum Gasteiger partial charge on any atom is 0.0547 e. The van der Waals surface area contributed by atoms with Crippen LogP contribution in [0, 0.1) is 0 Å². The zero-order valence-electron chi connectivity index (χ0n) is 33.0. The van der Waals surface area contributed by atoms with Crippen LogP contribution >= 0.6 is 0 Å². The first-order chi connectivity index (χ1) is 29.7. The molecule has 0 spiro atoms. The van der Waals surface area contributed by atoms with Crippen molar-refractivity contribution in [1.82, 2.24) is 4.57 Å². The van der Waals surface area contributed by atoms with E-state index in [4.69, 9.17) is 0 Å². The van der Waals surface area contributed by atoms with Crippen LogP contribution in [-0.2, 0) is 0 Å². The van der Waals surface area contributed by atoms with Crippen molar-refractivity contribution < 1.29 is 0 Å². The summed E-state index contributed by atoms with van der Waals surface area (Å²) < 4.78 is 2.42. The Morgan fingerprint density at radius 1 is 0.283 bits per heavy atom. The van der Waals surface area contributed by atoms with Crippen LogP contribution in [0.15, 0.2) is 243 Å². The highest BCUT2D eigenvalue weighted by molar-refractivity contribution is 6.13. The predicted octanol–water partition coefficient (Wildman–Crippen LogP) is 16.1. The third kappa shape index (κ3) is 6.41. The molecule has 0 amide bonds. The minimum Gasteiger partial charge on any atom is -0.310 e. The summed E-state index contributed by atoms with van der Waals surface area (Å²) in [7, 11) is 0. The number of rotatable bonds is 8. The van der Waals surface area contributed by atoms with Crippen LogP contribution in [-0.4, -0.2) is 4.57 Å². The normalized spacial score (nSPS) is 11.3. The minimum atomic E-state index is 1.09. The molecule has 1 heterocycles. The van der Waals surface area contributed by atoms with E-state index >= 15 is 0 Å². The van der Waals surface area contributed by atoms with E-state index in [1.165, 1.54) is 66.0 Å². The first-order valence-electron chi connectivity index (χ1n) is 20.6. The Balaban J connectivity index is 1.01. The highest BCUT2D eigenvalue weighted by Crippen LogP contribution is 2.43. The van der Waals surface area contributed by atoms with Crippen molar-refractivity contribution in [2.75, 3.05) is 4.90 Å². The molecule has 0 fully saturated rings. The summed E-state index contributed by atoms with van der Waals surface area (Å²) in [6.07, 6.45) is 0. The van der Waals surface area contributed by atoms with Crippen LogP contribution in [0.25, 0.3) is 82.8 Å². The van der Waals surface area contributed by atoms with Crippen LogP contribution in [0.1, 0.15) is 0 Å². The first-order valence-corrected chi connectivity index (χ1v) is 20.6. The van der Waals surface area contributed by atoms with Gasteiger partial charge in [-0.05, 0) is 110 Å². The molecule has 0 aliphatic heterocycles. The molecule has 0 aliphatic rings. The molecule has 0 atom stereocenters. The molecule has 282 valence electrons. The second kappa shape index (κ2) is 15.1. The molecule has 0 unspecified atom stereocenters. The number of fused-ring (bicyclic) bond motifs is 4. The van der Waals surface area contributed by atoms with Crippen LogP contribution < -0.4 is 4.90 Å². The highest BCUT2D eigenvalue weighted by Gasteiger charge is 2.19. The smallest absolute Gasteiger partial charge is 0.0547 e. The molecule has 0 saturated heterocycles. The van der Waals surface area contributed by atoms with Gasteiger partial charge in [0.05, 0.1) is 16.7 Å². The van der Waals surface area contributed by atoms with Gasteiger partial charge in [0.2, 0.25) is 0 Å². The fraction of sp³-hybridized carbons (Fsp3) is 0. The van der Waals surface area contributed by atoms with Crippen LogP contribution in [0.4, 0.5) is 17.1 Å². The van der Waals surface area contributed by atoms with Crippen LogP contribution in [0.2, 0.25) is 0 Å². The summed E-state index contributed by atoms with van der Waals surface area (Å²) in [4.78, 5) is 2.40. The van der Waals surface area contributed by atoms with E-state index < -0.39 is 0 Å². The molecule has 0 radical (unpaired) electrons. The summed E-state index contributed by atoms with van der Waals surface area (Å²) >= 11 is 0. The topological polar surface area (TPSA) is 8.17 Å². The van der Waals surface area contributed by atoms with E-state index in [1.54, 1.807) is 0 Å². The third-order valence-electron chi connectivity index (χ3n) is 11.8. The van der Waals surface area contributed by atoms with Gasteiger partial charge in [-0.2, -0.15) is 0 Å².